The smallest absolute Gasteiger partial charge is 0.181 e. The number of hydrogen-bond acceptors (Lipinski definition) is 4. The molecule has 3 aromatic rings. The SMILES string of the molecule is Nc1cc(C(=O)CCc2ccsc2)nc2ccccc12. The van der Waals surface area contributed by atoms with Gasteiger partial charge in [-0.25, -0.2) is 4.98 Å². The lowest BCUT2D eigenvalue weighted by atomic mass is 10.1. The number of nitrogens with two attached hydrogens (primary N) is 1. The molecule has 0 unspecified atom stereocenters. The Morgan fingerprint density at radius 2 is 2.10 bits per heavy atom. The Kier molecular flexibility index (Phi) is 3.48. The molecule has 1 aromatic carbocycles. The van der Waals surface area contributed by atoms with Gasteiger partial charge in [0.2, 0.25) is 0 Å². The van der Waals surface area contributed by atoms with Crippen molar-refractivity contribution >= 4 is 33.7 Å². The number of hydrogen-bond donors (Lipinski definition) is 1. The van der Waals surface area contributed by atoms with Gasteiger partial charge in [-0.15, -0.1) is 0 Å². The molecule has 0 radical (unpaired) electrons. The van der Waals surface area contributed by atoms with E-state index in [1.807, 2.05) is 35.7 Å². The van der Waals surface area contributed by atoms with Crippen LogP contribution in [0.1, 0.15) is 22.5 Å². The van der Waals surface area contributed by atoms with E-state index in [4.69, 9.17) is 5.73 Å². The van der Waals surface area contributed by atoms with Gasteiger partial charge in [0.1, 0.15) is 5.69 Å². The highest BCUT2D eigenvalue weighted by Crippen LogP contribution is 2.21. The lowest BCUT2D eigenvalue weighted by molar-refractivity contribution is 0.0978. The number of pyridine rings is 1. The molecular weight excluding hydrogens is 268 g/mol. The summed E-state index contributed by atoms with van der Waals surface area (Å²) in [6.07, 6.45) is 1.21. The van der Waals surface area contributed by atoms with E-state index < -0.39 is 0 Å². The van der Waals surface area contributed by atoms with Crippen LogP contribution in [0.5, 0.6) is 0 Å². The molecule has 20 heavy (non-hydrogen) atoms. The maximum Gasteiger partial charge on any atom is 0.181 e. The summed E-state index contributed by atoms with van der Waals surface area (Å²) in [5.74, 6) is 0.0358. The van der Waals surface area contributed by atoms with E-state index in [0.717, 1.165) is 17.3 Å². The number of benzene rings is 1. The number of para-hydroxylation sites is 1. The Morgan fingerprint density at radius 1 is 1.25 bits per heavy atom. The minimum absolute atomic E-state index is 0.0358. The predicted molar refractivity (Wildman–Crippen MR) is 83.1 cm³/mol. The van der Waals surface area contributed by atoms with Crippen LogP contribution in [0.3, 0.4) is 0 Å². The number of aryl methyl sites for hydroxylation is 1. The number of Topliss-reactive ketones (excluding diaryl/α,β-unsaturated/α-hetero) is 1. The minimum Gasteiger partial charge on any atom is -0.398 e. The minimum atomic E-state index is 0.0358. The third-order valence-corrected chi connectivity index (χ3v) is 3.99. The zero-order valence-corrected chi connectivity index (χ0v) is 11.7. The van der Waals surface area contributed by atoms with Gasteiger partial charge in [0.25, 0.3) is 0 Å². The standard InChI is InChI=1S/C16H14N2OS/c17-13-9-15(18-14-4-2-1-3-12(13)14)16(19)6-5-11-7-8-20-10-11/h1-4,7-10H,5-6H2,(H2,17,18). The molecule has 0 aliphatic rings. The van der Waals surface area contributed by atoms with E-state index in [9.17, 15) is 4.79 Å². The van der Waals surface area contributed by atoms with Crippen LogP contribution >= 0.6 is 11.3 Å². The van der Waals surface area contributed by atoms with Crippen LogP contribution in [0.2, 0.25) is 0 Å². The second kappa shape index (κ2) is 5.43. The Hall–Kier alpha value is -2.20. The first-order chi connectivity index (χ1) is 9.74. The van der Waals surface area contributed by atoms with Gasteiger partial charge in [-0.3, -0.25) is 4.79 Å². The molecule has 0 atom stereocenters. The number of ketones is 1. The number of nitrogen functional groups attached to an aromatic ring is 1. The van der Waals surface area contributed by atoms with Crippen molar-refractivity contribution in [3.63, 3.8) is 0 Å². The summed E-state index contributed by atoms with van der Waals surface area (Å²) in [6, 6.07) is 11.3. The molecule has 0 bridgehead atoms. The molecule has 0 spiro atoms. The lowest BCUT2D eigenvalue weighted by Crippen LogP contribution is -2.05. The topological polar surface area (TPSA) is 56.0 Å². The summed E-state index contributed by atoms with van der Waals surface area (Å²) in [5, 5.41) is 4.98. The Bertz CT molecular complexity index is 750. The normalized spacial score (nSPS) is 10.8. The highest BCUT2D eigenvalue weighted by atomic mass is 32.1. The second-order valence-electron chi connectivity index (χ2n) is 4.67. The average molecular weight is 282 g/mol. The van der Waals surface area contributed by atoms with Gasteiger partial charge in [0.05, 0.1) is 5.52 Å². The van der Waals surface area contributed by atoms with Crippen LogP contribution in [-0.2, 0) is 6.42 Å². The summed E-state index contributed by atoms with van der Waals surface area (Å²) < 4.78 is 0. The number of nitrogens with zero attached hydrogens (tertiary/aromatic N) is 1. The number of fused-ring (bicyclic) bond motifs is 1. The van der Waals surface area contributed by atoms with Gasteiger partial charge >= 0.3 is 0 Å². The number of thiophene rings is 1. The van der Waals surface area contributed by atoms with Crippen molar-refractivity contribution in [2.45, 2.75) is 12.8 Å². The molecule has 0 aliphatic carbocycles. The van der Waals surface area contributed by atoms with E-state index in [2.05, 4.69) is 10.4 Å². The van der Waals surface area contributed by atoms with Crippen LogP contribution in [0.25, 0.3) is 10.9 Å². The third kappa shape index (κ3) is 2.56. The predicted octanol–water partition coefficient (Wildman–Crippen LogP) is 3.69. The molecule has 2 N–H and O–H groups in total. The zero-order chi connectivity index (χ0) is 13.9. The van der Waals surface area contributed by atoms with Crippen LogP contribution in [0.4, 0.5) is 5.69 Å². The summed E-state index contributed by atoms with van der Waals surface area (Å²) in [7, 11) is 0. The average Bonchev–Trinajstić information content (AvgIpc) is 2.98. The van der Waals surface area contributed by atoms with Crippen molar-refractivity contribution in [1.29, 1.82) is 0 Å². The molecule has 2 aromatic heterocycles. The maximum absolute atomic E-state index is 12.2. The lowest BCUT2D eigenvalue weighted by Gasteiger charge is -2.05. The summed E-state index contributed by atoms with van der Waals surface area (Å²) in [4.78, 5) is 16.6. The summed E-state index contributed by atoms with van der Waals surface area (Å²) in [5.41, 5.74) is 9.02. The Labute approximate surface area is 121 Å². The van der Waals surface area contributed by atoms with Crippen LogP contribution in [0, 0.1) is 0 Å². The fraction of sp³-hybridized carbons (Fsp3) is 0.125. The van der Waals surface area contributed by atoms with Crippen molar-refractivity contribution in [3.05, 3.63) is 58.4 Å². The molecule has 4 heteroatoms. The highest BCUT2D eigenvalue weighted by Gasteiger charge is 2.11. The van der Waals surface area contributed by atoms with Crippen molar-refractivity contribution < 1.29 is 4.79 Å². The van der Waals surface area contributed by atoms with Crippen molar-refractivity contribution in [2.75, 3.05) is 5.73 Å². The number of carbonyl (C=O) groups excluding carboxylic acids is 1. The second-order valence-corrected chi connectivity index (χ2v) is 5.45. The summed E-state index contributed by atoms with van der Waals surface area (Å²) in [6.45, 7) is 0. The first-order valence-electron chi connectivity index (χ1n) is 6.43. The molecular formula is C16H14N2OS. The molecule has 3 rings (SSSR count). The first kappa shape index (κ1) is 12.8. The molecule has 2 heterocycles. The van der Waals surface area contributed by atoms with E-state index >= 15 is 0 Å². The van der Waals surface area contributed by atoms with Crippen molar-refractivity contribution in [1.82, 2.24) is 4.98 Å². The molecule has 0 saturated heterocycles. The van der Waals surface area contributed by atoms with Gasteiger partial charge in [-0.05, 0) is 40.9 Å². The van der Waals surface area contributed by atoms with Gasteiger partial charge in [-0.1, -0.05) is 18.2 Å². The third-order valence-electron chi connectivity index (χ3n) is 3.25. The molecule has 0 fully saturated rings. The van der Waals surface area contributed by atoms with Crippen molar-refractivity contribution in [2.24, 2.45) is 0 Å². The summed E-state index contributed by atoms with van der Waals surface area (Å²) >= 11 is 1.64. The Balaban J connectivity index is 1.84. The van der Waals surface area contributed by atoms with Gasteiger partial charge < -0.3 is 5.73 Å². The number of rotatable bonds is 4. The number of aromatic nitrogens is 1. The molecule has 100 valence electrons. The molecule has 0 amide bonds. The van der Waals surface area contributed by atoms with E-state index in [-0.39, 0.29) is 5.78 Å². The van der Waals surface area contributed by atoms with Crippen LogP contribution in [-0.4, -0.2) is 10.8 Å². The largest absolute Gasteiger partial charge is 0.398 e. The van der Waals surface area contributed by atoms with E-state index in [1.165, 1.54) is 5.56 Å². The van der Waals surface area contributed by atoms with Crippen LogP contribution < -0.4 is 5.73 Å². The van der Waals surface area contributed by atoms with Gasteiger partial charge in [0.15, 0.2) is 5.78 Å². The zero-order valence-electron chi connectivity index (χ0n) is 10.9. The van der Waals surface area contributed by atoms with Crippen LogP contribution in [0.15, 0.2) is 47.2 Å². The quantitative estimate of drug-likeness (QED) is 0.742. The molecule has 3 nitrogen and oxygen atoms in total. The Morgan fingerprint density at radius 3 is 2.90 bits per heavy atom. The van der Waals surface area contributed by atoms with Gasteiger partial charge in [0, 0.05) is 17.5 Å². The first-order valence-corrected chi connectivity index (χ1v) is 7.38. The van der Waals surface area contributed by atoms with Crippen molar-refractivity contribution in [3.8, 4) is 0 Å². The fourth-order valence-corrected chi connectivity index (χ4v) is 2.87. The van der Waals surface area contributed by atoms with E-state index in [0.29, 0.717) is 17.8 Å². The fourth-order valence-electron chi connectivity index (χ4n) is 2.17. The monoisotopic (exact) mass is 282 g/mol. The number of anilines is 1. The number of carbonyl (C=O) groups is 1. The highest BCUT2D eigenvalue weighted by molar-refractivity contribution is 7.07. The van der Waals surface area contributed by atoms with E-state index in [1.54, 1.807) is 17.4 Å². The molecule has 0 aliphatic heterocycles. The maximum atomic E-state index is 12.2. The molecule has 0 saturated carbocycles. The van der Waals surface area contributed by atoms with Gasteiger partial charge in [-0.2, -0.15) is 11.3 Å².